The van der Waals surface area contributed by atoms with Gasteiger partial charge in [-0.2, -0.15) is 0 Å². The summed E-state index contributed by atoms with van der Waals surface area (Å²) in [5, 5.41) is 0. The quantitative estimate of drug-likeness (QED) is 0.0536. The normalized spacial score (nSPS) is 11.5. The Labute approximate surface area is 269 Å². The first kappa shape index (κ1) is 41.9. The molecule has 0 saturated heterocycles. The smallest absolute Gasteiger partial charge is 0.306 e. The first-order valence-electron chi connectivity index (χ1n) is 19.1. The SMILES string of the molecule is CCCCCCCCC(CCCCCCCC)OC(=O)CCCCCCCN(CC)CCCCCC(=O)OCCCCC. The molecule has 0 unspecified atom stereocenters. The van der Waals surface area contributed by atoms with Gasteiger partial charge in [0.1, 0.15) is 6.10 Å². The molecule has 5 heteroatoms. The van der Waals surface area contributed by atoms with Crippen molar-refractivity contribution < 1.29 is 19.1 Å². The molecule has 0 aromatic rings. The van der Waals surface area contributed by atoms with E-state index in [1.807, 2.05) is 0 Å². The Morgan fingerprint density at radius 1 is 0.488 bits per heavy atom. The Balaban J connectivity index is 3.96. The third kappa shape index (κ3) is 30.7. The third-order valence-electron chi connectivity index (χ3n) is 8.73. The summed E-state index contributed by atoms with van der Waals surface area (Å²) >= 11 is 0. The van der Waals surface area contributed by atoms with Crippen LogP contribution in [0.3, 0.4) is 0 Å². The second-order valence-corrected chi connectivity index (χ2v) is 12.9. The first-order valence-corrected chi connectivity index (χ1v) is 19.1. The summed E-state index contributed by atoms with van der Waals surface area (Å²) in [6.07, 6.45) is 31.1. The lowest BCUT2D eigenvalue weighted by Gasteiger charge is -2.20. The third-order valence-corrected chi connectivity index (χ3v) is 8.73. The highest BCUT2D eigenvalue weighted by atomic mass is 16.5. The molecule has 0 aromatic heterocycles. The maximum atomic E-state index is 12.6. The predicted octanol–water partition coefficient (Wildman–Crippen LogP) is 11.4. The number of hydrogen-bond donors (Lipinski definition) is 0. The van der Waals surface area contributed by atoms with Gasteiger partial charge in [-0.3, -0.25) is 9.59 Å². The van der Waals surface area contributed by atoms with Crippen molar-refractivity contribution >= 4 is 11.9 Å². The van der Waals surface area contributed by atoms with Crippen molar-refractivity contribution in [2.24, 2.45) is 0 Å². The van der Waals surface area contributed by atoms with Gasteiger partial charge in [-0.15, -0.1) is 0 Å². The van der Waals surface area contributed by atoms with E-state index in [1.165, 1.54) is 96.3 Å². The Hall–Kier alpha value is -1.10. The Kier molecular flexibility index (Phi) is 32.9. The van der Waals surface area contributed by atoms with Gasteiger partial charge in [-0.05, 0) is 77.4 Å². The topological polar surface area (TPSA) is 55.8 Å². The minimum Gasteiger partial charge on any atom is -0.466 e. The molecule has 0 N–H and O–H groups in total. The summed E-state index contributed by atoms with van der Waals surface area (Å²) in [6.45, 7) is 12.9. The fourth-order valence-electron chi connectivity index (χ4n) is 5.77. The second-order valence-electron chi connectivity index (χ2n) is 12.9. The van der Waals surface area contributed by atoms with Crippen LogP contribution in [0.2, 0.25) is 0 Å². The van der Waals surface area contributed by atoms with Gasteiger partial charge >= 0.3 is 11.9 Å². The zero-order valence-electron chi connectivity index (χ0n) is 29.6. The average molecular weight is 610 g/mol. The molecular formula is C38H75NO4. The number of carbonyl (C=O) groups is 2. The van der Waals surface area contributed by atoms with Crippen LogP contribution in [0.25, 0.3) is 0 Å². The highest BCUT2D eigenvalue weighted by molar-refractivity contribution is 5.69. The standard InChI is InChI=1S/C38H75NO4/c1-5-9-12-14-17-22-29-36(30-23-18-15-13-10-6-2)43-38(41)32-24-19-16-20-26-33-39(8-4)34-27-21-25-31-37(40)42-35-28-11-7-3/h36H,5-35H2,1-4H3. The van der Waals surface area contributed by atoms with E-state index in [4.69, 9.17) is 9.47 Å². The number of hydrogen-bond acceptors (Lipinski definition) is 5. The van der Waals surface area contributed by atoms with E-state index in [2.05, 4.69) is 32.6 Å². The van der Waals surface area contributed by atoms with E-state index in [1.54, 1.807) is 0 Å². The molecule has 0 aliphatic rings. The van der Waals surface area contributed by atoms with Crippen molar-refractivity contribution in [3.05, 3.63) is 0 Å². The van der Waals surface area contributed by atoms with Crippen molar-refractivity contribution in [3.8, 4) is 0 Å². The van der Waals surface area contributed by atoms with Crippen molar-refractivity contribution in [3.63, 3.8) is 0 Å². The van der Waals surface area contributed by atoms with E-state index in [0.29, 0.717) is 19.4 Å². The van der Waals surface area contributed by atoms with Gasteiger partial charge in [-0.1, -0.05) is 130 Å². The largest absolute Gasteiger partial charge is 0.466 e. The van der Waals surface area contributed by atoms with Crippen LogP contribution in [0.15, 0.2) is 0 Å². The van der Waals surface area contributed by atoms with E-state index in [-0.39, 0.29) is 18.0 Å². The second kappa shape index (κ2) is 33.8. The number of esters is 2. The van der Waals surface area contributed by atoms with Gasteiger partial charge in [0.15, 0.2) is 0 Å². The molecule has 0 aliphatic carbocycles. The van der Waals surface area contributed by atoms with Crippen LogP contribution in [0.4, 0.5) is 0 Å². The molecule has 0 spiro atoms. The van der Waals surface area contributed by atoms with Crippen LogP contribution in [-0.2, 0) is 19.1 Å². The van der Waals surface area contributed by atoms with Crippen LogP contribution in [0, 0.1) is 0 Å². The molecule has 0 aromatic carbocycles. The summed E-state index contributed by atoms with van der Waals surface area (Å²) in [5.74, 6) is 0.00161. The lowest BCUT2D eigenvalue weighted by atomic mass is 10.0. The number of carbonyl (C=O) groups excluding carboxylic acids is 2. The molecule has 43 heavy (non-hydrogen) atoms. The van der Waals surface area contributed by atoms with Crippen molar-refractivity contribution in [2.75, 3.05) is 26.2 Å². The molecule has 0 fully saturated rings. The van der Waals surface area contributed by atoms with Gasteiger partial charge in [0.25, 0.3) is 0 Å². The van der Waals surface area contributed by atoms with E-state index < -0.39 is 0 Å². The van der Waals surface area contributed by atoms with Gasteiger partial charge < -0.3 is 14.4 Å². The fraction of sp³-hybridized carbons (Fsp3) is 0.947. The molecule has 0 rings (SSSR count). The van der Waals surface area contributed by atoms with Crippen LogP contribution < -0.4 is 0 Å². The van der Waals surface area contributed by atoms with Crippen LogP contribution >= 0.6 is 0 Å². The van der Waals surface area contributed by atoms with Crippen molar-refractivity contribution in [1.82, 2.24) is 4.90 Å². The minimum atomic E-state index is -0.0298. The average Bonchev–Trinajstić information content (AvgIpc) is 3.00. The highest BCUT2D eigenvalue weighted by Gasteiger charge is 2.14. The molecule has 0 amide bonds. The number of nitrogens with zero attached hydrogens (tertiary/aromatic N) is 1. The molecule has 0 aliphatic heterocycles. The summed E-state index contributed by atoms with van der Waals surface area (Å²) < 4.78 is 11.3. The summed E-state index contributed by atoms with van der Waals surface area (Å²) in [4.78, 5) is 26.9. The fourth-order valence-corrected chi connectivity index (χ4v) is 5.77. The molecule has 256 valence electrons. The Morgan fingerprint density at radius 3 is 1.44 bits per heavy atom. The molecule has 0 saturated carbocycles. The van der Waals surface area contributed by atoms with E-state index >= 15 is 0 Å². The number of ether oxygens (including phenoxy) is 2. The minimum absolute atomic E-state index is 0.0298. The lowest BCUT2D eigenvalue weighted by molar-refractivity contribution is -0.150. The zero-order valence-corrected chi connectivity index (χ0v) is 29.6. The molecule has 5 nitrogen and oxygen atoms in total. The number of rotatable bonds is 34. The van der Waals surface area contributed by atoms with Gasteiger partial charge in [0.05, 0.1) is 6.61 Å². The summed E-state index contributed by atoms with van der Waals surface area (Å²) in [5.41, 5.74) is 0. The van der Waals surface area contributed by atoms with Gasteiger partial charge in [0.2, 0.25) is 0 Å². The molecule has 0 atom stereocenters. The molecule has 0 bridgehead atoms. The first-order chi connectivity index (χ1) is 21.1. The van der Waals surface area contributed by atoms with Crippen LogP contribution in [-0.4, -0.2) is 49.2 Å². The van der Waals surface area contributed by atoms with Crippen molar-refractivity contribution in [1.29, 1.82) is 0 Å². The Bertz CT molecular complexity index is 580. The van der Waals surface area contributed by atoms with Crippen LogP contribution in [0.5, 0.6) is 0 Å². The van der Waals surface area contributed by atoms with E-state index in [9.17, 15) is 9.59 Å². The Morgan fingerprint density at radius 2 is 0.907 bits per heavy atom. The monoisotopic (exact) mass is 610 g/mol. The lowest BCUT2D eigenvalue weighted by Crippen LogP contribution is -2.25. The molecule has 0 radical (unpaired) electrons. The van der Waals surface area contributed by atoms with Gasteiger partial charge in [-0.25, -0.2) is 0 Å². The van der Waals surface area contributed by atoms with Crippen LogP contribution in [0.1, 0.15) is 201 Å². The number of unbranched alkanes of at least 4 members (excludes halogenated alkanes) is 18. The highest BCUT2D eigenvalue weighted by Crippen LogP contribution is 2.18. The molecular weight excluding hydrogens is 534 g/mol. The van der Waals surface area contributed by atoms with E-state index in [0.717, 1.165) is 83.8 Å². The summed E-state index contributed by atoms with van der Waals surface area (Å²) in [6, 6.07) is 0. The zero-order chi connectivity index (χ0) is 31.6. The maximum Gasteiger partial charge on any atom is 0.306 e. The maximum absolute atomic E-state index is 12.6. The predicted molar refractivity (Wildman–Crippen MR) is 185 cm³/mol. The van der Waals surface area contributed by atoms with Crippen molar-refractivity contribution in [2.45, 2.75) is 207 Å². The molecule has 0 heterocycles. The van der Waals surface area contributed by atoms with Gasteiger partial charge in [0, 0.05) is 12.8 Å². The summed E-state index contributed by atoms with van der Waals surface area (Å²) in [7, 11) is 0.